The molecule has 4 saturated heterocycles. The fourth-order valence-corrected chi connectivity index (χ4v) is 9.90. The number of benzene rings is 3. The summed E-state index contributed by atoms with van der Waals surface area (Å²) in [4.78, 5) is 52.1. The molecule has 0 saturated carbocycles. The highest BCUT2D eigenvalue weighted by Crippen LogP contribution is 2.38. The molecule has 3 amide bonds. The van der Waals surface area contributed by atoms with Crippen molar-refractivity contribution in [3.05, 3.63) is 88.1 Å². The predicted molar refractivity (Wildman–Crippen MR) is 215 cm³/mol. The number of rotatable bonds is 7. The molecule has 9 rings (SSSR count). The van der Waals surface area contributed by atoms with Gasteiger partial charge in [0.05, 0.1) is 21.8 Å². The SMILES string of the molecule is N#Cc1c[nH]c2c(N3CCC(c4ccc(N5CCC(CN6CCN(c7ccc8c(c7)CN([C@@H]7CCC(=O)NC7=O)C8=O)CC6)CC5)cc4)CC3)ccc(Cl)c12. The molecular weight excluding hydrogens is 712 g/mol. The van der Waals surface area contributed by atoms with Crippen molar-refractivity contribution in [2.75, 3.05) is 73.6 Å². The summed E-state index contributed by atoms with van der Waals surface area (Å²) in [6.45, 7) is 9.63. The Balaban J connectivity index is 0.724. The molecule has 3 aromatic carbocycles. The third kappa shape index (κ3) is 6.91. The molecule has 0 unspecified atom stereocenters. The molecule has 11 nitrogen and oxygen atoms in total. The van der Waals surface area contributed by atoms with Gasteiger partial charge in [-0.25, -0.2) is 0 Å². The number of hydrogen-bond acceptors (Lipinski definition) is 8. The number of piperazine rings is 1. The van der Waals surface area contributed by atoms with Crippen molar-refractivity contribution in [3.63, 3.8) is 0 Å². The Hall–Kier alpha value is -5.05. The minimum absolute atomic E-state index is 0.122. The molecule has 2 N–H and O–H groups in total. The predicted octanol–water partition coefficient (Wildman–Crippen LogP) is 5.88. The van der Waals surface area contributed by atoms with Crippen molar-refractivity contribution >= 4 is 57.3 Å². The van der Waals surface area contributed by atoms with Gasteiger partial charge in [-0.3, -0.25) is 24.6 Å². The standard InChI is InChI=1S/C43H47ClN8O3/c44-36-7-8-37(41-40(36)32(24-45)25-46-41)51-17-13-30(14-18-51)29-1-3-33(4-2-29)49-15-11-28(12-16-49)26-48-19-21-50(22-20-48)34-5-6-35-31(23-34)27-52(43(35)55)38-9-10-39(53)47-42(38)54/h1-8,23,25,28,30,38,46H,9-22,26-27H2,(H,47,53,54)/t38-/m1/s1. The first-order valence-electron chi connectivity index (χ1n) is 19.9. The van der Waals surface area contributed by atoms with E-state index in [-0.39, 0.29) is 24.1 Å². The lowest BCUT2D eigenvalue weighted by Crippen LogP contribution is -2.52. The van der Waals surface area contributed by atoms with Crippen LogP contribution in [-0.4, -0.2) is 97.4 Å². The lowest BCUT2D eigenvalue weighted by Gasteiger charge is -2.40. The van der Waals surface area contributed by atoms with Gasteiger partial charge in [-0.2, -0.15) is 5.26 Å². The Morgan fingerprint density at radius 1 is 0.782 bits per heavy atom. The average Bonchev–Trinajstić information content (AvgIpc) is 3.80. The second kappa shape index (κ2) is 14.9. The maximum absolute atomic E-state index is 13.1. The van der Waals surface area contributed by atoms with Gasteiger partial charge >= 0.3 is 0 Å². The lowest BCUT2D eigenvalue weighted by atomic mass is 9.89. The van der Waals surface area contributed by atoms with E-state index in [9.17, 15) is 19.6 Å². The summed E-state index contributed by atoms with van der Waals surface area (Å²) in [6.07, 6.45) is 6.99. The summed E-state index contributed by atoms with van der Waals surface area (Å²) in [5, 5.41) is 13.3. The fourth-order valence-electron chi connectivity index (χ4n) is 9.64. The topological polar surface area (TPSA) is 119 Å². The molecule has 1 aromatic heterocycles. The first kappa shape index (κ1) is 35.6. The van der Waals surface area contributed by atoms with E-state index in [1.54, 1.807) is 11.1 Å². The minimum Gasteiger partial charge on any atom is -0.372 e. The number of nitriles is 1. The Kier molecular flexibility index (Phi) is 9.65. The van der Waals surface area contributed by atoms with Gasteiger partial charge in [0.1, 0.15) is 12.1 Å². The molecule has 0 radical (unpaired) electrons. The van der Waals surface area contributed by atoms with Crippen LogP contribution in [-0.2, 0) is 16.1 Å². The Morgan fingerprint density at radius 2 is 1.49 bits per heavy atom. The van der Waals surface area contributed by atoms with Crippen LogP contribution < -0.4 is 20.0 Å². The number of nitrogens with one attached hydrogen (secondary N) is 2. The Bertz CT molecular complexity index is 2150. The number of H-pyrrole nitrogens is 1. The van der Waals surface area contributed by atoms with E-state index in [1.165, 1.54) is 24.1 Å². The van der Waals surface area contributed by atoms with Crippen LogP contribution in [0.4, 0.5) is 17.1 Å². The smallest absolute Gasteiger partial charge is 0.255 e. The normalized spacial score (nSPS) is 21.7. The van der Waals surface area contributed by atoms with E-state index in [1.807, 2.05) is 18.2 Å². The zero-order valence-corrected chi connectivity index (χ0v) is 31.9. The summed E-state index contributed by atoms with van der Waals surface area (Å²) in [7, 11) is 0. The van der Waals surface area contributed by atoms with E-state index >= 15 is 0 Å². The van der Waals surface area contributed by atoms with Gasteiger partial charge in [0.15, 0.2) is 0 Å². The number of halogens is 1. The summed E-state index contributed by atoms with van der Waals surface area (Å²) < 4.78 is 0. The van der Waals surface area contributed by atoms with Gasteiger partial charge in [-0.15, -0.1) is 0 Å². The number of aromatic nitrogens is 1. The molecule has 1 atom stereocenters. The number of carbonyl (C=O) groups is 3. The number of carbonyl (C=O) groups excluding carboxylic acids is 3. The second-order valence-electron chi connectivity index (χ2n) is 15.9. The molecule has 6 heterocycles. The number of aromatic amines is 1. The van der Waals surface area contributed by atoms with Crippen LogP contribution >= 0.6 is 11.6 Å². The molecule has 0 spiro atoms. The maximum Gasteiger partial charge on any atom is 0.255 e. The van der Waals surface area contributed by atoms with E-state index < -0.39 is 6.04 Å². The van der Waals surface area contributed by atoms with E-state index in [4.69, 9.17) is 11.6 Å². The highest BCUT2D eigenvalue weighted by atomic mass is 35.5. The third-order valence-electron chi connectivity index (χ3n) is 12.8. The molecular formula is C43H47ClN8O3. The summed E-state index contributed by atoms with van der Waals surface area (Å²) >= 11 is 6.46. The van der Waals surface area contributed by atoms with E-state index in [0.717, 1.165) is 99.6 Å². The Labute approximate surface area is 326 Å². The molecule has 4 aromatic rings. The largest absolute Gasteiger partial charge is 0.372 e. The summed E-state index contributed by atoms with van der Waals surface area (Å²) in [6, 6.07) is 21.1. The second-order valence-corrected chi connectivity index (χ2v) is 16.4. The van der Waals surface area contributed by atoms with Crippen LogP contribution in [0, 0.1) is 17.2 Å². The van der Waals surface area contributed by atoms with Gasteiger partial charge in [-0.05, 0) is 97.5 Å². The number of piperidine rings is 3. The third-order valence-corrected chi connectivity index (χ3v) is 13.1. The summed E-state index contributed by atoms with van der Waals surface area (Å²) in [5.41, 5.74) is 8.17. The van der Waals surface area contributed by atoms with Crippen molar-refractivity contribution in [2.24, 2.45) is 5.92 Å². The van der Waals surface area contributed by atoms with Gasteiger partial charge < -0.3 is 24.6 Å². The molecule has 12 heteroatoms. The number of anilines is 3. The fraction of sp³-hybridized carbons (Fsp3) is 0.442. The van der Waals surface area contributed by atoms with E-state index in [0.29, 0.717) is 41.0 Å². The number of imide groups is 1. The number of nitrogens with zero attached hydrogens (tertiary/aromatic N) is 6. The quantitative estimate of drug-likeness (QED) is 0.225. The first-order chi connectivity index (χ1) is 26.8. The van der Waals surface area contributed by atoms with E-state index in [2.05, 4.69) is 72.4 Å². The van der Waals surface area contributed by atoms with Crippen molar-refractivity contribution in [3.8, 4) is 6.07 Å². The highest BCUT2D eigenvalue weighted by molar-refractivity contribution is 6.36. The monoisotopic (exact) mass is 758 g/mol. The van der Waals surface area contributed by atoms with Crippen LogP contribution in [0.25, 0.3) is 10.9 Å². The molecule has 284 valence electrons. The summed E-state index contributed by atoms with van der Waals surface area (Å²) in [5.74, 6) is 0.486. The van der Waals surface area contributed by atoms with Crippen molar-refractivity contribution in [2.45, 2.75) is 57.0 Å². The van der Waals surface area contributed by atoms with Crippen LogP contribution in [0.2, 0.25) is 5.02 Å². The zero-order valence-electron chi connectivity index (χ0n) is 31.1. The van der Waals surface area contributed by atoms with Crippen LogP contribution in [0.3, 0.4) is 0 Å². The number of hydrogen-bond donors (Lipinski definition) is 2. The first-order valence-corrected chi connectivity index (χ1v) is 20.2. The molecule has 5 aliphatic rings. The number of fused-ring (bicyclic) bond motifs is 2. The molecule has 55 heavy (non-hydrogen) atoms. The minimum atomic E-state index is -0.585. The van der Waals surface area contributed by atoms with Crippen LogP contribution in [0.1, 0.15) is 71.5 Å². The highest BCUT2D eigenvalue weighted by Gasteiger charge is 2.39. The lowest BCUT2D eigenvalue weighted by molar-refractivity contribution is -0.136. The van der Waals surface area contributed by atoms with Crippen molar-refractivity contribution in [1.29, 1.82) is 5.26 Å². The van der Waals surface area contributed by atoms with Gasteiger partial charge in [-0.1, -0.05) is 23.7 Å². The molecule has 5 aliphatic heterocycles. The zero-order chi connectivity index (χ0) is 37.6. The number of amides is 3. The van der Waals surface area contributed by atoms with Crippen LogP contribution in [0.15, 0.2) is 60.8 Å². The average molecular weight is 759 g/mol. The van der Waals surface area contributed by atoms with Crippen molar-refractivity contribution < 1.29 is 14.4 Å². The maximum atomic E-state index is 13.1. The van der Waals surface area contributed by atoms with Gasteiger partial charge in [0.2, 0.25) is 11.8 Å². The van der Waals surface area contributed by atoms with Crippen molar-refractivity contribution in [1.82, 2.24) is 20.1 Å². The Morgan fingerprint density at radius 3 is 2.22 bits per heavy atom. The van der Waals surface area contributed by atoms with Gasteiger partial charge in [0, 0.05) is 100 Å². The molecule has 4 fully saturated rings. The van der Waals surface area contributed by atoms with Crippen LogP contribution in [0.5, 0.6) is 0 Å². The molecule has 0 aliphatic carbocycles. The molecule has 0 bridgehead atoms. The van der Waals surface area contributed by atoms with Gasteiger partial charge in [0.25, 0.3) is 5.91 Å².